The second-order valence-corrected chi connectivity index (χ2v) is 6.74. The molecule has 4 aromatic carbocycles. The molecule has 0 bridgehead atoms. The highest BCUT2D eigenvalue weighted by Crippen LogP contribution is 2.27. The summed E-state index contributed by atoms with van der Waals surface area (Å²) < 4.78 is 0. The smallest absolute Gasteiger partial charge is 0.328 e. The molecule has 4 aromatic rings. The Morgan fingerprint density at radius 3 is 2.04 bits per heavy atom. The lowest BCUT2D eigenvalue weighted by atomic mass is 9.97. The zero-order chi connectivity index (χ0) is 19.5. The van der Waals surface area contributed by atoms with Crippen LogP contribution >= 0.6 is 0 Å². The second kappa shape index (κ2) is 7.53. The highest BCUT2D eigenvalue weighted by molar-refractivity contribution is 6.13. The van der Waals surface area contributed by atoms with Gasteiger partial charge in [0.2, 0.25) is 0 Å². The Kier molecular flexibility index (Phi) is 4.77. The molecular weight excluding hydrogens is 350 g/mol. The van der Waals surface area contributed by atoms with Crippen LogP contribution < -0.4 is 0 Å². The summed E-state index contributed by atoms with van der Waals surface area (Å²) in [5.41, 5.74) is 1.73. The molecular formula is C24H19NO3. The maximum atomic E-state index is 11.8. The van der Waals surface area contributed by atoms with E-state index in [-0.39, 0.29) is 12.2 Å². The number of phenolic OH excluding ortho intramolecular Hbond substituents is 1. The molecule has 0 unspecified atom stereocenters. The van der Waals surface area contributed by atoms with Crippen molar-refractivity contribution in [2.24, 2.45) is 4.99 Å². The average molecular weight is 369 g/mol. The fourth-order valence-corrected chi connectivity index (χ4v) is 3.41. The van der Waals surface area contributed by atoms with Gasteiger partial charge >= 0.3 is 5.97 Å². The largest absolute Gasteiger partial charge is 0.508 e. The number of benzene rings is 4. The van der Waals surface area contributed by atoms with Gasteiger partial charge in [-0.3, -0.25) is 4.99 Å². The standard InChI is InChI=1S/C24H19NO3/c26-19-11-9-16(10-12-19)13-23(24(27)28)25-15-22-20-7-3-1-5-17(20)14-18-6-2-4-8-21(18)22/h1-12,14-15,23,26H,13H2,(H,27,28)/t23-/m0/s1. The molecule has 0 saturated carbocycles. The molecule has 0 aliphatic carbocycles. The van der Waals surface area contributed by atoms with Crippen molar-refractivity contribution in [2.45, 2.75) is 12.5 Å². The topological polar surface area (TPSA) is 69.9 Å². The van der Waals surface area contributed by atoms with Crippen LogP contribution in [0.5, 0.6) is 5.75 Å². The average Bonchev–Trinajstić information content (AvgIpc) is 2.71. The van der Waals surface area contributed by atoms with Crippen LogP contribution in [0.1, 0.15) is 11.1 Å². The summed E-state index contributed by atoms with van der Waals surface area (Å²) in [5.74, 6) is -0.824. The fraction of sp³-hybridized carbons (Fsp3) is 0.0833. The van der Waals surface area contributed by atoms with Crippen LogP contribution in [0.3, 0.4) is 0 Å². The van der Waals surface area contributed by atoms with Crippen molar-refractivity contribution in [3.05, 3.63) is 90.0 Å². The van der Waals surface area contributed by atoms with E-state index in [2.05, 4.69) is 11.1 Å². The van der Waals surface area contributed by atoms with Gasteiger partial charge < -0.3 is 10.2 Å². The van der Waals surface area contributed by atoms with Gasteiger partial charge in [0.1, 0.15) is 5.75 Å². The van der Waals surface area contributed by atoms with Crippen molar-refractivity contribution in [3.8, 4) is 5.75 Å². The molecule has 0 radical (unpaired) electrons. The first-order valence-electron chi connectivity index (χ1n) is 9.06. The quantitative estimate of drug-likeness (QED) is 0.392. The lowest BCUT2D eigenvalue weighted by Gasteiger charge is -2.10. The highest BCUT2D eigenvalue weighted by atomic mass is 16.4. The third kappa shape index (κ3) is 3.58. The summed E-state index contributed by atoms with van der Waals surface area (Å²) in [6.45, 7) is 0. The Balaban J connectivity index is 1.76. The van der Waals surface area contributed by atoms with E-state index < -0.39 is 12.0 Å². The van der Waals surface area contributed by atoms with Crippen molar-refractivity contribution in [1.82, 2.24) is 0 Å². The number of aliphatic carboxylic acids is 1. The predicted molar refractivity (Wildman–Crippen MR) is 112 cm³/mol. The molecule has 4 rings (SSSR count). The molecule has 0 saturated heterocycles. The number of hydrogen-bond acceptors (Lipinski definition) is 3. The van der Waals surface area contributed by atoms with Gasteiger partial charge in [-0.1, -0.05) is 60.7 Å². The van der Waals surface area contributed by atoms with Crippen LogP contribution in [-0.2, 0) is 11.2 Å². The number of carboxylic acids is 1. The summed E-state index contributed by atoms with van der Waals surface area (Å²) in [6.07, 6.45) is 1.94. The molecule has 0 aliphatic rings. The van der Waals surface area contributed by atoms with Crippen LogP contribution in [0, 0.1) is 0 Å². The van der Waals surface area contributed by atoms with E-state index in [0.717, 1.165) is 32.7 Å². The second-order valence-electron chi connectivity index (χ2n) is 6.74. The fourth-order valence-electron chi connectivity index (χ4n) is 3.41. The number of aliphatic imine (C=N–C) groups is 1. The van der Waals surface area contributed by atoms with Gasteiger partial charge in [-0.05, 0) is 45.3 Å². The zero-order valence-electron chi connectivity index (χ0n) is 15.1. The van der Waals surface area contributed by atoms with Gasteiger partial charge in [-0.15, -0.1) is 0 Å². The van der Waals surface area contributed by atoms with E-state index in [4.69, 9.17) is 0 Å². The number of rotatable bonds is 5. The first kappa shape index (κ1) is 17.7. The molecule has 0 amide bonds. The number of nitrogens with zero attached hydrogens (tertiary/aromatic N) is 1. The molecule has 0 fully saturated rings. The molecule has 1 atom stereocenters. The van der Waals surface area contributed by atoms with Crippen LogP contribution in [0.4, 0.5) is 0 Å². The SMILES string of the molecule is O=C(O)[C@H](Cc1ccc(O)cc1)N=Cc1c2ccccc2cc2ccccc12. The molecule has 2 N–H and O–H groups in total. The summed E-state index contributed by atoms with van der Waals surface area (Å²) in [7, 11) is 0. The molecule has 0 aliphatic heterocycles. The van der Waals surface area contributed by atoms with E-state index in [1.165, 1.54) is 0 Å². The molecule has 28 heavy (non-hydrogen) atoms. The van der Waals surface area contributed by atoms with Crippen molar-refractivity contribution < 1.29 is 15.0 Å². The predicted octanol–water partition coefficient (Wildman–Crippen LogP) is 4.81. The summed E-state index contributed by atoms with van der Waals surface area (Å²) in [4.78, 5) is 16.2. The molecule has 4 nitrogen and oxygen atoms in total. The third-order valence-corrected chi connectivity index (χ3v) is 4.85. The first-order chi connectivity index (χ1) is 13.6. The minimum atomic E-state index is -0.978. The van der Waals surface area contributed by atoms with E-state index in [1.807, 2.05) is 48.5 Å². The van der Waals surface area contributed by atoms with E-state index in [1.54, 1.807) is 30.5 Å². The Morgan fingerprint density at radius 1 is 0.893 bits per heavy atom. The maximum absolute atomic E-state index is 11.8. The lowest BCUT2D eigenvalue weighted by Crippen LogP contribution is -2.21. The zero-order valence-corrected chi connectivity index (χ0v) is 15.1. The normalized spacial score (nSPS) is 12.6. The van der Waals surface area contributed by atoms with Crippen LogP contribution in [-0.4, -0.2) is 28.4 Å². The number of hydrogen-bond donors (Lipinski definition) is 2. The van der Waals surface area contributed by atoms with Crippen molar-refractivity contribution in [2.75, 3.05) is 0 Å². The number of aromatic hydroxyl groups is 1. The van der Waals surface area contributed by atoms with E-state index >= 15 is 0 Å². The number of phenols is 1. The van der Waals surface area contributed by atoms with Gasteiger partial charge in [-0.2, -0.15) is 0 Å². The first-order valence-corrected chi connectivity index (χ1v) is 9.06. The Bertz CT molecular complexity index is 1130. The van der Waals surface area contributed by atoms with E-state index in [0.29, 0.717) is 0 Å². The minimum Gasteiger partial charge on any atom is -0.508 e. The monoisotopic (exact) mass is 369 g/mol. The van der Waals surface area contributed by atoms with Crippen molar-refractivity contribution in [3.63, 3.8) is 0 Å². The van der Waals surface area contributed by atoms with Crippen LogP contribution in [0.25, 0.3) is 21.5 Å². The van der Waals surface area contributed by atoms with Gasteiger partial charge in [0.25, 0.3) is 0 Å². The van der Waals surface area contributed by atoms with Gasteiger partial charge in [-0.25, -0.2) is 4.79 Å². The van der Waals surface area contributed by atoms with E-state index in [9.17, 15) is 15.0 Å². The van der Waals surface area contributed by atoms with Crippen LogP contribution in [0.15, 0.2) is 83.9 Å². The summed E-state index contributed by atoms with van der Waals surface area (Å²) >= 11 is 0. The highest BCUT2D eigenvalue weighted by Gasteiger charge is 2.16. The molecule has 0 heterocycles. The summed E-state index contributed by atoms with van der Waals surface area (Å²) in [6, 6.07) is 23.8. The maximum Gasteiger partial charge on any atom is 0.328 e. The minimum absolute atomic E-state index is 0.154. The van der Waals surface area contributed by atoms with Crippen molar-refractivity contribution in [1.29, 1.82) is 0 Å². The van der Waals surface area contributed by atoms with Crippen molar-refractivity contribution >= 4 is 33.7 Å². The number of carbonyl (C=O) groups is 1. The molecule has 4 heteroatoms. The van der Waals surface area contributed by atoms with Gasteiger partial charge in [0, 0.05) is 18.2 Å². The number of carboxylic acid groups (broad SMARTS) is 1. The van der Waals surface area contributed by atoms with Gasteiger partial charge in [0.05, 0.1) is 0 Å². The lowest BCUT2D eigenvalue weighted by molar-refractivity contribution is -0.138. The molecule has 138 valence electrons. The summed E-state index contributed by atoms with van der Waals surface area (Å²) in [5, 5.41) is 23.3. The Morgan fingerprint density at radius 2 is 1.46 bits per heavy atom. The van der Waals surface area contributed by atoms with Gasteiger partial charge in [0.15, 0.2) is 6.04 Å². The van der Waals surface area contributed by atoms with Crippen LogP contribution in [0.2, 0.25) is 0 Å². The third-order valence-electron chi connectivity index (χ3n) is 4.85. The molecule has 0 spiro atoms. The number of fused-ring (bicyclic) bond motifs is 2. The Hall–Kier alpha value is -3.66. The Labute approximate surface area is 162 Å². The molecule has 0 aromatic heterocycles.